The van der Waals surface area contributed by atoms with E-state index in [1.165, 1.54) is 12.1 Å². The second-order valence-electron chi connectivity index (χ2n) is 7.32. The summed E-state index contributed by atoms with van der Waals surface area (Å²) in [7, 11) is 0. The van der Waals surface area contributed by atoms with Crippen molar-refractivity contribution in [1.82, 2.24) is 15.3 Å². The molecule has 0 unspecified atom stereocenters. The quantitative estimate of drug-likeness (QED) is 0.516. The predicted molar refractivity (Wildman–Crippen MR) is 117 cm³/mol. The van der Waals surface area contributed by atoms with Crippen LogP contribution in [0.1, 0.15) is 10.4 Å². The zero-order chi connectivity index (χ0) is 21.2. The van der Waals surface area contributed by atoms with Crippen LogP contribution in [0.4, 0.5) is 10.2 Å². The lowest BCUT2D eigenvalue weighted by molar-refractivity contribution is 0.102. The summed E-state index contributed by atoms with van der Waals surface area (Å²) in [6.07, 6.45) is 1.69. The number of nitrogens with zero attached hydrogens (tertiary/aromatic N) is 2. The molecule has 1 amide bonds. The van der Waals surface area contributed by atoms with Crippen molar-refractivity contribution >= 4 is 22.8 Å². The second kappa shape index (κ2) is 8.12. The number of pyridine rings is 2. The predicted octanol–water partition coefficient (Wildman–Crippen LogP) is 4.04. The van der Waals surface area contributed by atoms with E-state index in [4.69, 9.17) is 4.74 Å². The van der Waals surface area contributed by atoms with Gasteiger partial charge in [0.2, 0.25) is 0 Å². The molecule has 5 rings (SSSR count). The Balaban J connectivity index is 1.44. The first-order valence-corrected chi connectivity index (χ1v) is 9.96. The van der Waals surface area contributed by atoms with E-state index in [0.29, 0.717) is 22.8 Å². The number of halogens is 1. The maximum atomic E-state index is 13.3. The first-order valence-electron chi connectivity index (χ1n) is 9.96. The Bertz CT molecular complexity index is 1260. The van der Waals surface area contributed by atoms with Crippen LogP contribution >= 0.6 is 0 Å². The summed E-state index contributed by atoms with van der Waals surface area (Å²) in [6.45, 7) is 1.49. The highest BCUT2D eigenvalue weighted by atomic mass is 19.1. The Morgan fingerprint density at radius 2 is 1.90 bits per heavy atom. The zero-order valence-electron chi connectivity index (χ0n) is 16.5. The van der Waals surface area contributed by atoms with Crippen LogP contribution in [0.15, 0.2) is 72.9 Å². The zero-order valence-corrected chi connectivity index (χ0v) is 16.5. The first kappa shape index (κ1) is 19.1. The fourth-order valence-electron chi connectivity index (χ4n) is 3.37. The smallest absolute Gasteiger partial charge is 0.256 e. The van der Waals surface area contributed by atoms with Gasteiger partial charge in [0.1, 0.15) is 23.5 Å². The summed E-state index contributed by atoms with van der Waals surface area (Å²) in [5, 5.41) is 6.88. The van der Waals surface area contributed by atoms with E-state index in [0.717, 1.165) is 29.6 Å². The molecule has 1 fully saturated rings. The minimum atomic E-state index is -0.303. The Kier molecular flexibility index (Phi) is 5.01. The molecule has 6 nitrogen and oxygen atoms in total. The van der Waals surface area contributed by atoms with Crippen molar-refractivity contribution in [3.63, 3.8) is 0 Å². The molecule has 2 N–H and O–H groups in total. The van der Waals surface area contributed by atoms with Crippen LogP contribution in [0.5, 0.6) is 5.75 Å². The fraction of sp³-hybridized carbons (Fsp3) is 0.125. The van der Waals surface area contributed by atoms with E-state index >= 15 is 0 Å². The van der Waals surface area contributed by atoms with Crippen molar-refractivity contribution in [3.05, 3.63) is 84.3 Å². The highest BCUT2D eigenvalue weighted by Crippen LogP contribution is 2.32. The number of hydrogen-bond donors (Lipinski definition) is 2. The lowest BCUT2D eigenvalue weighted by Crippen LogP contribution is -2.50. The number of nitrogens with one attached hydrogen (secondary N) is 2. The number of fused-ring (bicyclic) bond motifs is 1. The van der Waals surface area contributed by atoms with Crippen molar-refractivity contribution in [3.8, 4) is 16.9 Å². The molecular formula is C24H19FN4O2. The number of carbonyl (C=O) groups excluding carboxylic acids is 1. The minimum absolute atomic E-state index is 0.0331. The van der Waals surface area contributed by atoms with Crippen LogP contribution in [-0.4, -0.2) is 35.1 Å². The number of carbonyl (C=O) groups is 1. The van der Waals surface area contributed by atoms with E-state index in [2.05, 4.69) is 20.6 Å². The molecule has 31 heavy (non-hydrogen) atoms. The topological polar surface area (TPSA) is 76.1 Å². The van der Waals surface area contributed by atoms with E-state index in [1.807, 2.05) is 24.3 Å². The summed E-state index contributed by atoms with van der Waals surface area (Å²) in [4.78, 5) is 21.5. The van der Waals surface area contributed by atoms with Crippen molar-refractivity contribution in [2.75, 3.05) is 18.4 Å². The van der Waals surface area contributed by atoms with Crippen molar-refractivity contribution in [1.29, 1.82) is 0 Å². The molecule has 0 radical (unpaired) electrons. The average Bonchev–Trinajstić information content (AvgIpc) is 2.77. The van der Waals surface area contributed by atoms with Crippen LogP contribution in [0.2, 0.25) is 0 Å². The van der Waals surface area contributed by atoms with Gasteiger partial charge in [0, 0.05) is 35.8 Å². The number of ether oxygens (including phenoxy) is 1. The minimum Gasteiger partial charge on any atom is -0.487 e. The number of anilines is 1. The normalized spacial score (nSPS) is 13.6. The maximum absolute atomic E-state index is 13.3. The third-order valence-corrected chi connectivity index (χ3v) is 5.14. The molecule has 2 aromatic carbocycles. The molecule has 0 saturated carbocycles. The molecule has 7 heteroatoms. The number of hydrogen-bond acceptors (Lipinski definition) is 5. The molecule has 154 valence electrons. The largest absolute Gasteiger partial charge is 0.487 e. The van der Waals surface area contributed by atoms with Crippen LogP contribution in [0, 0.1) is 5.82 Å². The van der Waals surface area contributed by atoms with E-state index in [-0.39, 0.29) is 17.8 Å². The average molecular weight is 414 g/mol. The second-order valence-corrected chi connectivity index (χ2v) is 7.32. The summed E-state index contributed by atoms with van der Waals surface area (Å²) in [5.74, 6) is 0.399. The van der Waals surface area contributed by atoms with E-state index in [1.54, 1.807) is 36.5 Å². The maximum Gasteiger partial charge on any atom is 0.256 e. The van der Waals surface area contributed by atoms with Gasteiger partial charge in [-0.25, -0.2) is 14.4 Å². The molecule has 0 bridgehead atoms. The lowest BCUT2D eigenvalue weighted by Gasteiger charge is -2.29. The Morgan fingerprint density at radius 3 is 2.68 bits per heavy atom. The number of amides is 1. The van der Waals surface area contributed by atoms with Gasteiger partial charge < -0.3 is 15.4 Å². The van der Waals surface area contributed by atoms with Gasteiger partial charge >= 0.3 is 0 Å². The van der Waals surface area contributed by atoms with Gasteiger partial charge in [-0.15, -0.1) is 0 Å². The Hall–Kier alpha value is -3.84. The fourth-order valence-corrected chi connectivity index (χ4v) is 3.37. The van der Waals surface area contributed by atoms with E-state index in [9.17, 15) is 9.18 Å². The van der Waals surface area contributed by atoms with Gasteiger partial charge in [-0.1, -0.05) is 12.1 Å². The molecule has 2 aromatic heterocycles. The summed E-state index contributed by atoms with van der Waals surface area (Å²) in [5.41, 5.74) is 2.62. The number of benzene rings is 2. The van der Waals surface area contributed by atoms with Crippen molar-refractivity contribution < 1.29 is 13.9 Å². The molecule has 1 saturated heterocycles. The standard InChI is InChI=1S/C24H19FN4O2/c25-18-7-3-15(4-8-18)20-9-5-17(12-21(20)31-19-13-26-14-19)24(30)29-22-10-6-16-2-1-11-27-23(16)28-22/h1-12,19,26H,13-14H2,(H,27,28,29,30). The monoisotopic (exact) mass is 414 g/mol. The van der Waals surface area contributed by atoms with Gasteiger partial charge in [0.15, 0.2) is 5.65 Å². The summed E-state index contributed by atoms with van der Waals surface area (Å²) < 4.78 is 19.5. The third-order valence-electron chi connectivity index (χ3n) is 5.14. The van der Waals surface area contributed by atoms with Crippen LogP contribution in [0.25, 0.3) is 22.2 Å². The number of rotatable bonds is 5. The lowest BCUT2D eigenvalue weighted by atomic mass is 10.0. The van der Waals surface area contributed by atoms with Gasteiger partial charge in [-0.05, 0) is 60.2 Å². The Labute approximate surface area is 178 Å². The first-order chi connectivity index (χ1) is 15.2. The number of aromatic nitrogens is 2. The highest BCUT2D eigenvalue weighted by Gasteiger charge is 2.21. The van der Waals surface area contributed by atoms with Gasteiger partial charge in [-0.3, -0.25) is 4.79 Å². The molecular weight excluding hydrogens is 395 g/mol. The molecule has 0 aliphatic carbocycles. The Morgan fingerprint density at radius 1 is 1.06 bits per heavy atom. The summed E-state index contributed by atoms with van der Waals surface area (Å²) in [6, 6.07) is 18.8. The molecule has 0 atom stereocenters. The van der Waals surface area contributed by atoms with Crippen molar-refractivity contribution in [2.24, 2.45) is 0 Å². The molecule has 4 aromatic rings. The van der Waals surface area contributed by atoms with Gasteiger partial charge in [0.25, 0.3) is 5.91 Å². The van der Waals surface area contributed by atoms with Crippen molar-refractivity contribution in [2.45, 2.75) is 6.10 Å². The van der Waals surface area contributed by atoms with Gasteiger partial charge in [0.05, 0.1) is 0 Å². The molecule has 3 heterocycles. The highest BCUT2D eigenvalue weighted by molar-refractivity contribution is 6.04. The van der Waals surface area contributed by atoms with Crippen LogP contribution < -0.4 is 15.4 Å². The third kappa shape index (κ3) is 4.08. The SMILES string of the molecule is O=C(Nc1ccc2cccnc2n1)c1ccc(-c2ccc(F)cc2)c(OC2CNC2)c1. The van der Waals surface area contributed by atoms with Crippen LogP contribution in [0.3, 0.4) is 0 Å². The molecule has 1 aliphatic heterocycles. The molecule has 1 aliphatic rings. The summed E-state index contributed by atoms with van der Waals surface area (Å²) >= 11 is 0. The van der Waals surface area contributed by atoms with Crippen LogP contribution in [-0.2, 0) is 0 Å². The molecule has 0 spiro atoms. The van der Waals surface area contributed by atoms with Gasteiger partial charge in [-0.2, -0.15) is 0 Å². The van der Waals surface area contributed by atoms with E-state index < -0.39 is 0 Å².